The fraction of sp³-hybridized carbons (Fsp3) is 0.478. The van der Waals surface area contributed by atoms with Crippen molar-refractivity contribution in [3.8, 4) is 11.1 Å². The zero-order valence-corrected chi connectivity index (χ0v) is 18.3. The van der Waals surface area contributed by atoms with Crippen molar-refractivity contribution in [3.63, 3.8) is 0 Å². The summed E-state index contributed by atoms with van der Waals surface area (Å²) < 4.78 is 30.7. The number of halogens is 2. The predicted molar refractivity (Wildman–Crippen MR) is 118 cm³/mol. The van der Waals surface area contributed by atoms with Crippen LogP contribution in [0.5, 0.6) is 0 Å². The third-order valence-corrected chi connectivity index (χ3v) is 6.82. The predicted octanol–water partition coefficient (Wildman–Crippen LogP) is 5.02. The van der Waals surface area contributed by atoms with Gasteiger partial charge in [0.15, 0.2) is 5.65 Å². The average molecular weight is 437 g/mol. The second-order valence-corrected chi connectivity index (χ2v) is 10.1. The van der Waals surface area contributed by atoms with Gasteiger partial charge in [0, 0.05) is 48.4 Å². The minimum atomic E-state index is -2.59. The van der Waals surface area contributed by atoms with Gasteiger partial charge in [0.2, 0.25) is 5.95 Å². The minimum Gasteiger partial charge on any atom is -0.350 e. The van der Waals surface area contributed by atoms with Crippen LogP contribution >= 0.6 is 0 Å². The quantitative estimate of drug-likeness (QED) is 0.485. The van der Waals surface area contributed by atoms with Crippen LogP contribution < -0.4 is 5.32 Å². The molecule has 2 fully saturated rings. The zero-order chi connectivity index (χ0) is 22.3. The molecule has 2 saturated carbocycles. The molecule has 6 rings (SSSR count). The number of fused-ring (bicyclic) bond motifs is 2. The number of hydrogen-bond donors (Lipinski definition) is 1. The van der Waals surface area contributed by atoms with E-state index < -0.39 is 5.92 Å². The van der Waals surface area contributed by atoms with E-state index in [2.05, 4.69) is 39.2 Å². The van der Waals surface area contributed by atoms with Gasteiger partial charge in [-0.05, 0) is 37.3 Å². The molecule has 9 heteroatoms. The Labute approximate surface area is 183 Å². The van der Waals surface area contributed by atoms with E-state index in [1.165, 1.54) is 0 Å². The second kappa shape index (κ2) is 6.46. The zero-order valence-electron chi connectivity index (χ0n) is 18.3. The van der Waals surface area contributed by atoms with Gasteiger partial charge in [-0.25, -0.2) is 28.2 Å². The molecule has 0 amide bonds. The van der Waals surface area contributed by atoms with Gasteiger partial charge in [-0.1, -0.05) is 13.8 Å². The van der Waals surface area contributed by atoms with Gasteiger partial charge in [-0.15, -0.1) is 5.10 Å². The van der Waals surface area contributed by atoms with E-state index in [1.807, 2.05) is 40.5 Å². The lowest BCUT2D eigenvalue weighted by molar-refractivity contribution is -0.103. The van der Waals surface area contributed by atoms with Gasteiger partial charge < -0.3 is 9.88 Å². The molecule has 0 atom stereocenters. The van der Waals surface area contributed by atoms with Crippen LogP contribution in [-0.2, 0) is 0 Å². The van der Waals surface area contributed by atoms with Crippen LogP contribution in [0.3, 0.4) is 0 Å². The lowest BCUT2D eigenvalue weighted by atomic mass is 9.68. The van der Waals surface area contributed by atoms with Crippen molar-refractivity contribution in [1.82, 2.24) is 29.1 Å². The van der Waals surface area contributed by atoms with Gasteiger partial charge in [0.05, 0.1) is 17.2 Å². The Morgan fingerprint density at radius 1 is 1.06 bits per heavy atom. The van der Waals surface area contributed by atoms with Crippen molar-refractivity contribution in [1.29, 1.82) is 0 Å². The molecule has 1 N–H and O–H groups in total. The summed E-state index contributed by atoms with van der Waals surface area (Å²) in [5, 5.41) is 8.03. The molecule has 0 radical (unpaired) electrons. The first-order valence-corrected chi connectivity index (χ1v) is 11.0. The fourth-order valence-electron chi connectivity index (χ4n) is 5.28. The monoisotopic (exact) mass is 437 g/mol. The van der Waals surface area contributed by atoms with E-state index >= 15 is 0 Å². The van der Waals surface area contributed by atoms with Gasteiger partial charge in [0.1, 0.15) is 5.82 Å². The van der Waals surface area contributed by atoms with Crippen LogP contribution in [0.15, 0.2) is 30.7 Å². The van der Waals surface area contributed by atoms with Crippen LogP contribution in [0.4, 0.5) is 14.7 Å². The molecule has 0 bridgehead atoms. The molecule has 2 aliphatic rings. The number of aryl methyl sites for hydroxylation is 1. The molecule has 0 spiro atoms. The maximum Gasteiger partial charge on any atom is 0.252 e. The Hall–Kier alpha value is -3.10. The summed E-state index contributed by atoms with van der Waals surface area (Å²) in [7, 11) is 0. The van der Waals surface area contributed by atoms with Crippen molar-refractivity contribution < 1.29 is 8.78 Å². The number of anilines is 1. The molecule has 2 aliphatic carbocycles. The van der Waals surface area contributed by atoms with Crippen LogP contribution in [0.25, 0.3) is 27.8 Å². The Morgan fingerprint density at radius 2 is 1.84 bits per heavy atom. The topological polar surface area (TPSA) is 72.9 Å². The van der Waals surface area contributed by atoms with Crippen molar-refractivity contribution in [2.24, 2.45) is 5.41 Å². The van der Waals surface area contributed by atoms with Crippen LogP contribution in [-0.4, -0.2) is 41.1 Å². The van der Waals surface area contributed by atoms with E-state index in [0.717, 1.165) is 35.0 Å². The lowest BCUT2D eigenvalue weighted by Crippen LogP contribution is -2.41. The maximum atomic E-state index is 13.5. The SMILES string of the molecule is Cc1nc2ncc(-c3ccn4nc(NC5CC(C)(C)C5)ncc34)cc2n1C1CC(F)(F)C1. The lowest BCUT2D eigenvalue weighted by Gasteiger charge is -2.42. The Morgan fingerprint density at radius 3 is 2.56 bits per heavy atom. The number of imidazole rings is 1. The van der Waals surface area contributed by atoms with Gasteiger partial charge >= 0.3 is 0 Å². The van der Waals surface area contributed by atoms with Crippen molar-refractivity contribution >= 4 is 22.6 Å². The Balaban J connectivity index is 1.33. The largest absolute Gasteiger partial charge is 0.350 e. The Bertz CT molecular complexity index is 1340. The fourth-order valence-corrected chi connectivity index (χ4v) is 5.28. The van der Waals surface area contributed by atoms with Gasteiger partial charge in [-0.2, -0.15) is 0 Å². The van der Waals surface area contributed by atoms with Crippen LogP contribution in [0, 0.1) is 12.3 Å². The summed E-state index contributed by atoms with van der Waals surface area (Å²) in [6, 6.07) is 4.13. The summed E-state index contributed by atoms with van der Waals surface area (Å²) in [5.74, 6) is -1.26. The molecule has 4 aromatic rings. The molecule has 0 aliphatic heterocycles. The molecule has 32 heavy (non-hydrogen) atoms. The summed E-state index contributed by atoms with van der Waals surface area (Å²) in [6.07, 6.45) is 7.40. The molecule has 4 heterocycles. The minimum absolute atomic E-state index is 0.152. The number of nitrogens with zero attached hydrogens (tertiary/aromatic N) is 6. The smallest absolute Gasteiger partial charge is 0.252 e. The van der Waals surface area contributed by atoms with Crippen LogP contribution in [0.1, 0.15) is 51.4 Å². The third-order valence-electron chi connectivity index (χ3n) is 6.82. The van der Waals surface area contributed by atoms with Crippen molar-refractivity contribution in [3.05, 3.63) is 36.5 Å². The average Bonchev–Trinajstić information content (AvgIpc) is 3.23. The van der Waals surface area contributed by atoms with Crippen molar-refractivity contribution in [2.45, 2.75) is 64.5 Å². The molecule has 4 aromatic heterocycles. The summed E-state index contributed by atoms with van der Waals surface area (Å²) in [4.78, 5) is 13.5. The molecule has 0 unspecified atom stereocenters. The first-order chi connectivity index (χ1) is 15.2. The normalized spacial score (nSPS) is 20.4. The highest BCUT2D eigenvalue weighted by Crippen LogP contribution is 2.47. The number of aromatic nitrogens is 6. The number of pyridine rings is 1. The highest BCUT2D eigenvalue weighted by molar-refractivity contribution is 5.85. The van der Waals surface area contributed by atoms with Crippen molar-refractivity contribution in [2.75, 3.05) is 5.32 Å². The number of alkyl halides is 2. The first kappa shape index (κ1) is 19.6. The van der Waals surface area contributed by atoms with E-state index in [9.17, 15) is 8.78 Å². The van der Waals surface area contributed by atoms with Crippen LogP contribution in [0.2, 0.25) is 0 Å². The maximum absolute atomic E-state index is 13.5. The summed E-state index contributed by atoms with van der Waals surface area (Å²) >= 11 is 0. The van der Waals surface area contributed by atoms with Gasteiger partial charge in [-0.3, -0.25) is 0 Å². The van der Waals surface area contributed by atoms with E-state index in [1.54, 1.807) is 6.20 Å². The molecule has 0 aromatic carbocycles. The first-order valence-electron chi connectivity index (χ1n) is 11.0. The highest BCUT2D eigenvalue weighted by atomic mass is 19.3. The third kappa shape index (κ3) is 3.13. The number of hydrogen-bond acceptors (Lipinski definition) is 5. The highest BCUT2D eigenvalue weighted by Gasteiger charge is 2.47. The number of rotatable bonds is 4. The molecular formula is C23H25F2N7. The molecule has 7 nitrogen and oxygen atoms in total. The molecule has 0 saturated heterocycles. The van der Waals surface area contributed by atoms with E-state index in [4.69, 9.17) is 0 Å². The second-order valence-electron chi connectivity index (χ2n) is 10.1. The van der Waals surface area contributed by atoms with E-state index in [-0.39, 0.29) is 18.9 Å². The number of nitrogens with one attached hydrogen (secondary N) is 1. The molecule has 166 valence electrons. The van der Waals surface area contributed by atoms with Gasteiger partial charge in [0.25, 0.3) is 5.92 Å². The van der Waals surface area contributed by atoms with E-state index in [0.29, 0.717) is 28.9 Å². The molecular weight excluding hydrogens is 412 g/mol. The summed E-state index contributed by atoms with van der Waals surface area (Å²) in [6.45, 7) is 6.38. The summed E-state index contributed by atoms with van der Waals surface area (Å²) in [5.41, 5.74) is 4.44. The Kier molecular flexibility index (Phi) is 3.95. The standard InChI is InChI=1S/C23H25F2N7/c1-13-28-20-18(32(13)16-9-23(24,25)10-16)6-14(11-26-20)17-4-5-31-19(17)12-27-21(30-31)29-15-7-22(2,3)8-15/h4-6,11-12,15-16H,7-10H2,1-3H3,(H,29,30).